The van der Waals surface area contributed by atoms with Crippen molar-refractivity contribution in [2.45, 2.75) is 19.4 Å². The molecule has 32 heavy (non-hydrogen) atoms. The summed E-state index contributed by atoms with van der Waals surface area (Å²) in [7, 11) is 0. The number of carbonyl (C=O) groups excluding carboxylic acids is 3. The normalized spacial score (nSPS) is 11.8. The molecule has 2 amide bonds. The number of hydrogen-bond donors (Lipinski definition) is 2. The number of carbonyl (C=O) groups is 3. The molecule has 0 bridgehead atoms. The van der Waals surface area contributed by atoms with Crippen LogP contribution in [-0.4, -0.2) is 38.4 Å². The lowest BCUT2D eigenvalue weighted by Crippen LogP contribution is -2.47. The highest BCUT2D eigenvalue weighted by Gasteiger charge is 2.27. The van der Waals surface area contributed by atoms with E-state index in [0.717, 1.165) is 16.3 Å². The Kier molecular flexibility index (Phi) is 5.76. The van der Waals surface area contributed by atoms with Gasteiger partial charge in [-0.05, 0) is 18.6 Å². The predicted molar refractivity (Wildman–Crippen MR) is 119 cm³/mol. The first kappa shape index (κ1) is 20.9. The lowest BCUT2D eigenvalue weighted by atomic mass is 10.0. The van der Waals surface area contributed by atoms with Crippen LogP contribution >= 0.6 is 0 Å². The molecule has 8 nitrogen and oxygen atoms in total. The van der Waals surface area contributed by atoms with E-state index in [1.54, 1.807) is 25.4 Å². The molecule has 0 aliphatic carbocycles. The summed E-state index contributed by atoms with van der Waals surface area (Å²) in [5.74, 6) is -2.51. The Balaban J connectivity index is 1.70. The third-order valence-electron chi connectivity index (χ3n) is 5.09. The van der Waals surface area contributed by atoms with Gasteiger partial charge in [0.05, 0.1) is 17.6 Å². The van der Waals surface area contributed by atoms with Gasteiger partial charge in [-0.1, -0.05) is 54.6 Å². The van der Waals surface area contributed by atoms with Crippen molar-refractivity contribution in [2.75, 3.05) is 0 Å². The molecule has 1 atom stereocenters. The summed E-state index contributed by atoms with van der Waals surface area (Å²) in [6.45, 7) is 1.77. The molecule has 0 unspecified atom stereocenters. The SMILES string of the molecule is Cc1cc(C(=O)N[C@@H](Cc2ccccc2)C(=O)C(N)=O)n(-c2cncc3ccccc23)n1. The molecular formula is C24H21N5O3. The van der Waals surface area contributed by atoms with Crippen LogP contribution < -0.4 is 11.1 Å². The first-order valence-corrected chi connectivity index (χ1v) is 10.0. The van der Waals surface area contributed by atoms with Gasteiger partial charge in [0.25, 0.3) is 11.8 Å². The molecule has 0 aliphatic rings. The molecule has 0 aliphatic heterocycles. The monoisotopic (exact) mass is 427 g/mol. The zero-order chi connectivity index (χ0) is 22.7. The van der Waals surface area contributed by atoms with E-state index >= 15 is 0 Å². The molecule has 0 saturated heterocycles. The molecule has 4 rings (SSSR count). The average molecular weight is 427 g/mol. The van der Waals surface area contributed by atoms with Crippen LogP contribution in [0.4, 0.5) is 0 Å². The molecule has 4 aromatic rings. The molecule has 0 spiro atoms. The first-order chi connectivity index (χ1) is 15.4. The van der Waals surface area contributed by atoms with Crippen molar-refractivity contribution in [1.82, 2.24) is 20.1 Å². The van der Waals surface area contributed by atoms with Gasteiger partial charge < -0.3 is 11.1 Å². The molecule has 160 valence electrons. The van der Waals surface area contributed by atoms with Gasteiger partial charge in [-0.15, -0.1) is 0 Å². The van der Waals surface area contributed by atoms with E-state index in [-0.39, 0.29) is 12.1 Å². The van der Waals surface area contributed by atoms with Crippen molar-refractivity contribution in [1.29, 1.82) is 0 Å². The number of aromatic nitrogens is 3. The Morgan fingerprint density at radius 2 is 1.75 bits per heavy atom. The second kappa shape index (κ2) is 8.81. The Hall–Kier alpha value is -4.33. The van der Waals surface area contributed by atoms with Crippen LogP contribution in [0.2, 0.25) is 0 Å². The summed E-state index contributed by atoms with van der Waals surface area (Å²) in [4.78, 5) is 41.5. The van der Waals surface area contributed by atoms with Crippen LogP contribution in [-0.2, 0) is 16.0 Å². The highest BCUT2D eigenvalue weighted by atomic mass is 16.2. The largest absolute Gasteiger partial charge is 0.363 e. The van der Waals surface area contributed by atoms with Crippen LogP contribution in [0.1, 0.15) is 21.7 Å². The van der Waals surface area contributed by atoms with Crippen LogP contribution in [0.5, 0.6) is 0 Å². The average Bonchev–Trinajstić information content (AvgIpc) is 3.20. The Morgan fingerprint density at radius 1 is 1.03 bits per heavy atom. The number of fused-ring (bicyclic) bond motifs is 1. The number of amides is 2. The molecule has 2 heterocycles. The second-order valence-corrected chi connectivity index (χ2v) is 7.41. The number of ketones is 1. The lowest BCUT2D eigenvalue weighted by molar-refractivity contribution is -0.137. The minimum absolute atomic E-state index is 0.136. The topological polar surface area (TPSA) is 120 Å². The van der Waals surface area contributed by atoms with E-state index in [1.165, 1.54) is 4.68 Å². The molecule has 8 heteroatoms. The summed E-state index contributed by atoms with van der Waals surface area (Å²) >= 11 is 0. The van der Waals surface area contributed by atoms with Gasteiger partial charge in [0.2, 0.25) is 5.78 Å². The fraction of sp³-hybridized carbons (Fsp3) is 0.125. The summed E-state index contributed by atoms with van der Waals surface area (Å²) in [5, 5.41) is 8.89. The second-order valence-electron chi connectivity index (χ2n) is 7.41. The van der Waals surface area contributed by atoms with Gasteiger partial charge in [-0.2, -0.15) is 5.10 Å². The fourth-order valence-electron chi connectivity index (χ4n) is 3.58. The highest BCUT2D eigenvalue weighted by Crippen LogP contribution is 2.22. The minimum atomic E-state index is -1.10. The van der Waals surface area contributed by atoms with Gasteiger partial charge in [-0.25, -0.2) is 4.68 Å². The van der Waals surface area contributed by atoms with Crippen LogP contribution in [0.25, 0.3) is 16.5 Å². The maximum absolute atomic E-state index is 13.2. The number of hydrogen-bond acceptors (Lipinski definition) is 5. The van der Waals surface area contributed by atoms with E-state index in [1.807, 2.05) is 54.6 Å². The van der Waals surface area contributed by atoms with Crippen molar-refractivity contribution < 1.29 is 14.4 Å². The number of benzene rings is 2. The van der Waals surface area contributed by atoms with E-state index < -0.39 is 23.6 Å². The lowest BCUT2D eigenvalue weighted by Gasteiger charge is -2.17. The standard InChI is InChI=1S/C24H21N5O3/c1-15-11-20(29(28-15)21-14-26-13-17-9-5-6-10-18(17)21)24(32)27-19(22(30)23(25)31)12-16-7-3-2-4-8-16/h2-11,13-14,19H,12H2,1H3,(H2,25,31)(H,27,32)/t19-/m0/s1. The Labute approximate surface area is 184 Å². The van der Waals surface area contributed by atoms with Gasteiger partial charge >= 0.3 is 0 Å². The number of nitrogens with two attached hydrogens (primary N) is 1. The quantitative estimate of drug-likeness (QED) is 0.438. The summed E-state index contributed by atoms with van der Waals surface area (Å²) in [5.41, 5.74) is 7.47. The highest BCUT2D eigenvalue weighted by molar-refractivity contribution is 6.38. The molecular weight excluding hydrogens is 406 g/mol. The number of nitrogens with zero attached hydrogens (tertiary/aromatic N) is 3. The fourth-order valence-corrected chi connectivity index (χ4v) is 3.58. The Morgan fingerprint density at radius 3 is 2.50 bits per heavy atom. The van der Waals surface area contributed by atoms with Crippen LogP contribution in [0.15, 0.2) is 73.1 Å². The molecule has 0 radical (unpaired) electrons. The van der Waals surface area contributed by atoms with Crippen molar-refractivity contribution in [2.24, 2.45) is 5.73 Å². The van der Waals surface area contributed by atoms with Crippen molar-refractivity contribution >= 4 is 28.4 Å². The molecule has 2 aromatic carbocycles. The molecule has 0 fully saturated rings. The summed E-state index contributed by atoms with van der Waals surface area (Å²) < 4.78 is 1.49. The number of Topliss-reactive ketones (excluding diaryl/α,β-unsaturated/α-hetero) is 1. The molecule has 2 aromatic heterocycles. The van der Waals surface area contributed by atoms with Crippen molar-refractivity contribution in [3.63, 3.8) is 0 Å². The number of primary amides is 1. The van der Waals surface area contributed by atoms with Crippen LogP contribution in [0, 0.1) is 6.92 Å². The van der Waals surface area contributed by atoms with E-state index in [2.05, 4.69) is 15.4 Å². The maximum Gasteiger partial charge on any atom is 0.287 e. The van der Waals surface area contributed by atoms with Crippen molar-refractivity contribution in [3.8, 4) is 5.69 Å². The summed E-state index contributed by atoms with van der Waals surface area (Å²) in [6, 6.07) is 17.2. The number of nitrogens with one attached hydrogen (secondary N) is 1. The first-order valence-electron chi connectivity index (χ1n) is 10.0. The van der Waals surface area contributed by atoms with Gasteiger partial charge in [-0.3, -0.25) is 19.4 Å². The number of pyridine rings is 1. The van der Waals surface area contributed by atoms with E-state index in [4.69, 9.17) is 5.73 Å². The zero-order valence-corrected chi connectivity index (χ0v) is 17.4. The van der Waals surface area contributed by atoms with Crippen molar-refractivity contribution in [3.05, 3.63) is 90.0 Å². The van der Waals surface area contributed by atoms with Gasteiger partial charge in [0, 0.05) is 23.4 Å². The van der Waals surface area contributed by atoms with E-state index in [9.17, 15) is 14.4 Å². The van der Waals surface area contributed by atoms with Gasteiger partial charge in [0.1, 0.15) is 11.7 Å². The van der Waals surface area contributed by atoms with Crippen LogP contribution in [0.3, 0.4) is 0 Å². The molecule has 0 saturated carbocycles. The maximum atomic E-state index is 13.2. The van der Waals surface area contributed by atoms with E-state index in [0.29, 0.717) is 11.4 Å². The zero-order valence-electron chi connectivity index (χ0n) is 17.4. The number of rotatable bonds is 7. The smallest absolute Gasteiger partial charge is 0.287 e. The van der Waals surface area contributed by atoms with Gasteiger partial charge in [0.15, 0.2) is 0 Å². The third kappa shape index (κ3) is 4.24. The Bertz CT molecular complexity index is 1310. The minimum Gasteiger partial charge on any atom is -0.363 e. The summed E-state index contributed by atoms with van der Waals surface area (Å²) in [6.07, 6.45) is 3.50. The molecule has 3 N–H and O–H groups in total. The predicted octanol–water partition coefficient (Wildman–Crippen LogP) is 2.12. The third-order valence-corrected chi connectivity index (χ3v) is 5.09. The number of aryl methyl sites for hydroxylation is 1.